The maximum Gasteiger partial charge on any atom is 0.158 e. The molecule has 1 saturated carbocycles. The summed E-state index contributed by atoms with van der Waals surface area (Å²) in [6, 6.07) is 0. The lowest BCUT2D eigenvalue weighted by Crippen LogP contribution is -2.07. The van der Waals surface area contributed by atoms with E-state index in [1.807, 2.05) is 12.2 Å². The Morgan fingerprint density at radius 1 is 1.31 bits per heavy atom. The third-order valence-corrected chi connectivity index (χ3v) is 2.35. The number of ketones is 1. The molecule has 0 aliphatic heterocycles. The first kappa shape index (κ1) is 10.2. The molecular weight excluding hydrogens is 160 g/mol. The van der Waals surface area contributed by atoms with Gasteiger partial charge in [-0.15, -0.1) is 0 Å². The van der Waals surface area contributed by atoms with E-state index in [4.69, 9.17) is 0 Å². The summed E-state index contributed by atoms with van der Waals surface area (Å²) in [6.45, 7) is 2.16. The molecule has 1 fully saturated rings. The van der Waals surface area contributed by atoms with Gasteiger partial charge in [0.05, 0.1) is 0 Å². The number of allylic oxidation sites excluding steroid dienone is 4. The molecule has 0 aromatic carbocycles. The first-order chi connectivity index (χ1) is 6.34. The summed E-state index contributed by atoms with van der Waals surface area (Å²) in [4.78, 5) is 11.4. The zero-order chi connectivity index (χ0) is 9.52. The van der Waals surface area contributed by atoms with Crippen molar-refractivity contribution in [2.24, 2.45) is 0 Å². The molecule has 0 aromatic heterocycles. The number of hydrogen-bond acceptors (Lipinski definition) is 1. The Morgan fingerprint density at radius 3 is 2.77 bits per heavy atom. The van der Waals surface area contributed by atoms with Gasteiger partial charge in [0.15, 0.2) is 5.78 Å². The minimum absolute atomic E-state index is 0.354. The lowest BCUT2D eigenvalue weighted by atomic mass is 9.93. The van der Waals surface area contributed by atoms with E-state index >= 15 is 0 Å². The van der Waals surface area contributed by atoms with Gasteiger partial charge in [-0.05, 0) is 31.3 Å². The zero-order valence-corrected chi connectivity index (χ0v) is 8.38. The van der Waals surface area contributed by atoms with Crippen LogP contribution in [0.15, 0.2) is 23.8 Å². The summed E-state index contributed by atoms with van der Waals surface area (Å²) in [6.07, 6.45) is 12.4. The van der Waals surface area contributed by atoms with Crippen molar-refractivity contribution >= 4 is 5.78 Å². The molecule has 0 N–H and O–H groups in total. The number of carbonyl (C=O) groups is 1. The highest BCUT2D eigenvalue weighted by molar-refractivity contribution is 5.96. The van der Waals surface area contributed by atoms with E-state index in [2.05, 4.69) is 13.0 Å². The Bertz CT molecular complexity index is 223. The van der Waals surface area contributed by atoms with E-state index in [1.165, 1.54) is 12.8 Å². The molecule has 1 nitrogen and oxygen atoms in total. The molecule has 1 aliphatic carbocycles. The van der Waals surface area contributed by atoms with E-state index in [0.29, 0.717) is 5.78 Å². The molecule has 72 valence electrons. The van der Waals surface area contributed by atoms with E-state index < -0.39 is 0 Å². The number of carbonyl (C=O) groups excluding carboxylic acids is 1. The standard InChI is InChI=1S/C12H18O/c1-2-3-4-5-8-11-9-6-7-10-12(11)13/h4-5,8H,2-3,6-7,9-10H2,1H3/b5-4+,11-8+. The Hall–Kier alpha value is -0.850. The van der Waals surface area contributed by atoms with Gasteiger partial charge in [-0.3, -0.25) is 4.79 Å². The lowest BCUT2D eigenvalue weighted by Gasteiger charge is -2.11. The van der Waals surface area contributed by atoms with Crippen LogP contribution in [0.25, 0.3) is 0 Å². The topological polar surface area (TPSA) is 17.1 Å². The highest BCUT2D eigenvalue weighted by Crippen LogP contribution is 2.19. The summed E-state index contributed by atoms with van der Waals surface area (Å²) < 4.78 is 0. The van der Waals surface area contributed by atoms with Gasteiger partial charge in [0.25, 0.3) is 0 Å². The summed E-state index contributed by atoms with van der Waals surface area (Å²) in [5.74, 6) is 0.354. The van der Waals surface area contributed by atoms with Crippen LogP contribution in [0.1, 0.15) is 45.4 Å². The van der Waals surface area contributed by atoms with Crippen LogP contribution >= 0.6 is 0 Å². The molecule has 0 amide bonds. The highest BCUT2D eigenvalue weighted by Gasteiger charge is 2.13. The maximum absolute atomic E-state index is 11.4. The fraction of sp³-hybridized carbons (Fsp3) is 0.583. The smallest absolute Gasteiger partial charge is 0.158 e. The first-order valence-corrected chi connectivity index (χ1v) is 5.23. The molecule has 1 aliphatic rings. The molecule has 0 radical (unpaired) electrons. The number of hydrogen-bond donors (Lipinski definition) is 0. The summed E-state index contributed by atoms with van der Waals surface area (Å²) in [5, 5.41) is 0. The van der Waals surface area contributed by atoms with Gasteiger partial charge in [-0.2, -0.15) is 0 Å². The molecule has 0 aromatic rings. The van der Waals surface area contributed by atoms with Crippen LogP contribution in [-0.2, 0) is 4.79 Å². The van der Waals surface area contributed by atoms with Crippen molar-refractivity contribution in [2.75, 3.05) is 0 Å². The average Bonchev–Trinajstić information content (AvgIpc) is 2.15. The molecular formula is C12H18O. The van der Waals surface area contributed by atoms with Crippen LogP contribution in [-0.4, -0.2) is 5.78 Å². The predicted octanol–water partition coefficient (Wildman–Crippen LogP) is 3.41. The van der Waals surface area contributed by atoms with Gasteiger partial charge < -0.3 is 0 Å². The molecule has 1 rings (SSSR count). The van der Waals surface area contributed by atoms with Crippen molar-refractivity contribution in [1.82, 2.24) is 0 Å². The van der Waals surface area contributed by atoms with Crippen LogP contribution in [0.2, 0.25) is 0 Å². The maximum atomic E-state index is 11.4. The van der Waals surface area contributed by atoms with Crippen molar-refractivity contribution in [3.05, 3.63) is 23.8 Å². The number of Topliss-reactive ketones (excluding diaryl/α,β-unsaturated/α-hetero) is 1. The molecule has 1 heteroatoms. The Labute approximate surface area is 80.5 Å². The van der Waals surface area contributed by atoms with E-state index in [1.54, 1.807) is 0 Å². The largest absolute Gasteiger partial charge is 0.295 e. The molecule has 0 atom stereocenters. The van der Waals surface area contributed by atoms with Gasteiger partial charge in [-0.25, -0.2) is 0 Å². The monoisotopic (exact) mass is 178 g/mol. The van der Waals surface area contributed by atoms with Crippen molar-refractivity contribution in [3.8, 4) is 0 Å². The fourth-order valence-corrected chi connectivity index (χ4v) is 1.52. The predicted molar refractivity (Wildman–Crippen MR) is 55.6 cm³/mol. The molecule has 0 unspecified atom stereocenters. The van der Waals surface area contributed by atoms with E-state index in [0.717, 1.165) is 31.3 Å². The van der Waals surface area contributed by atoms with Crippen LogP contribution in [0.5, 0.6) is 0 Å². The van der Waals surface area contributed by atoms with Gasteiger partial charge in [-0.1, -0.05) is 31.6 Å². The van der Waals surface area contributed by atoms with Crippen molar-refractivity contribution in [1.29, 1.82) is 0 Å². The second-order valence-electron chi connectivity index (χ2n) is 3.54. The lowest BCUT2D eigenvalue weighted by molar-refractivity contribution is -0.116. The normalized spacial score (nSPS) is 21.6. The highest BCUT2D eigenvalue weighted by atomic mass is 16.1. The molecule has 0 heterocycles. The summed E-state index contributed by atoms with van der Waals surface area (Å²) in [7, 11) is 0. The minimum atomic E-state index is 0.354. The Balaban J connectivity index is 2.43. The van der Waals surface area contributed by atoms with Gasteiger partial charge >= 0.3 is 0 Å². The van der Waals surface area contributed by atoms with Crippen molar-refractivity contribution in [3.63, 3.8) is 0 Å². The summed E-state index contributed by atoms with van der Waals surface area (Å²) in [5.41, 5.74) is 1.03. The van der Waals surface area contributed by atoms with Crippen LogP contribution in [0, 0.1) is 0 Å². The molecule has 13 heavy (non-hydrogen) atoms. The van der Waals surface area contributed by atoms with Crippen molar-refractivity contribution < 1.29 is 4.79 Å². The third-order valence-electron chi connectivity index (χ3n) is 2.35. The zero-order valence-electron chi connectivity index (χ0n) is 8.38. The summed E-state index contributed by atoms with van der Waals surface area (Å²) >= 11 is 0. The van der Waals surface area contributed by atoms with Crippen molar-refractivity contribution in [2.45, 2.75) is 45.4 Å². The van der Waals surface area contributed by atoms with Gasteiger partial charge in [0.2, 0.25) is 0 Å². The Morgan fingerprint density at radius 2 is 2.08 bits per heavy atom. The molecule has 0 saturated heterocycles. The average molecular weight is 178 g/mol. The number of unbranched alkanes of at least 4 members (excludes halogenated alkanes) is 1. The van der Waals surface area contributed by atoms with E-state index in [9.17, 15) is 4.79 Å². The first-order valence-electron chi connectivity index (χ1n) is 5.23. The second-order valence-corrected chi connectivity index (χ2v) is 3.54. The quantitative estimate of drug-likeness (QED) is 0.605. The SMILES string of the molecule is CCC/C=C/C=C1\CCCCC1=O. The third kappa shape index (κ3) is 3.58. The van der Waals surface area contributed by atoms with Gasteiger partial charge in [0.1, 0.15) is 0 Å². The van der Waals surface area contributed by atoms with E-state index in [-0.39, 0.29) is 0 Å². The minimum Gasteiger partial charge on any atom is -0.295 e. The number of rotatable bonds is 3. The second kappa shape index (κ2) is 5.74. The van der Waals surface area contributed by atoms with Gasteiger partial charge in [0, 0.05) is 6.42 Å². The van der Waals surface area contributed by atoms with Crippen LogP contribution < -0.4 is 0 Å². The molecule has 0 spiro atoms. The van der Waals surface area contributed by atoms with Crippen LogP contribution in [0.3, 0.4) is 0 Å². The Kier molecular flexibility index (Phi) is 4.52. The molecule has 0 bridgehead atoms. The van der Waals surface area contributed by atoms with Crippen LogP contribution in [0.4, 0.5) is 0 Å². The fourth-order valence-electron chi connectivity index (χ4n) is 1.52.